The van der Waals surface area contributed by atoms with Crippen LogP contribution in [-0.2, 0) is 0 Å². The highest BCUT2D eigenvalue weighted by molar-refractivity contribution is 6.32. The highest BCUT2D eigenvalue weighted by Crippen LogP contribution is 2.49. The SMILES string of the molecule is CCOc1ccc(C2=NN3[C@H](C2)c2ccccc2O[C@@H]3c2c(F)cccc2Cl)cc1Cl. The molecule has 4 nitrogen and oxygen atoms in total. The molecule has 0 radical (unpaired) electrons. The first-order valence-electron chi connectivity index (χ1n) is 10.0. The summed E-state index contributed by atoms with van der Waals surface area (Å²) in [4.78, 5) is 0. The molecule has 0 amide bonds. The average Bonchev–Trinajstić information content (AvgIpc) is 3.21. The first-order chi connectivity index (χ1) is 15.1. The maximum atomic E-state index is 14.8. The Morgan fingerprint density at radius 2 is 1.94 bits per heavy atom. The van der Waals surface area contributed by atoms with Gasteiger partial charge in [-0.15, -0.1) is 0 Å². The van der Waals surface area contributed by atoms with Gasteiger partial charge in [0.2, 0.25) is 6.23 Å². The number of benzene rings is 3. The summed E-state index contributed by atoms with van der Waals surface area (Å²) in [6, 6.07) is 17.9. The Morgan fingerprint density at radius 3 is 2.71 bits per heavy atom. The molecule has 0 saturated carbocycles. The summed E-state index contributed by atoms with van der Waals surface area (Å²) in [5.41, 5.74) is 3.01. The van der Waals surface area contributed by atoms with Crippen LogP contribution in [0.25, 0.3) is 0 Å². The Labute approximate surface area is 189 Å². The highest BCUT2D eigenvalue weighted by atomic mass is 35.5. The summed E-state index contributed by atoms with van der Waals surface area (Å²) < 4.78 is 26.5. The lowest BCUT2D eigenvalue weighted by atomic mass is 9.96. The summed E-state index contributed by atoms with van der Waals surface area (Å²) in [6.45, 7) is 2.45. The maximum Gasteiger partial charge on any atom is 0.218 e. The van der Waals surface area contributed by atoms with Gasteiger partial charge in [-0.2, -0.15) is 5.10 Å². The lowest BCUT2D eigenvalue weighted by Gasteiger charge is -2.38. The molecule has 7 heteroatoms. The average molecular weight is 457 g/mol. The fraction of sp³-hybridized carbons (Fsp3) is 0.208. The number of para-hydroxylation sites is 1. The summed E-state index contributed by atoms with van der Waals surface area (Å²) in [6.07, 6.45) is -0.142. The number of hydrogen-bond acceptors (Lipinski definition) is 4. The summed E-state index contributed by atoms with van der Waals surface area (Å²) in [7, 11) is 0. The summed E-state index contributed by atoms with van der Waals surface area (Å²) >= 11 is 12.8. The standard InChI is InChI=1S/C24H19Cl2FN2O2/c1-2-30-22-11-10-14(12-17(22)26)19-13-20-15-6-3-4-9-21(15)31-24(29(20)28-19)23-16(25)7-5-8-18(23)27/h3-12,20,24H,2,13H2,1H3/t20-,24-/m1/s1. The van der Waals surface area contributed by atoms with Crippen molar-refractivity contribution in [3.05, 3.63) is 93.2 Å². The molecule has 5 rings (SSSR count). The van der Waals surface area contributed by atoms with Crippen molar-refractivity contribution in [3.63, 3.8) is 0 Å². The number of halogens is 3. The molecule has 0 unspecified atom stereocenters. The Bertz CT molecular complexity index is 1160. The number of nitrogens with zero attached hydrogens (tertiary/aromatic N) is 2. The molecule has 0 N–H and O–H groups in total. The molecule has 0 bridgehead atoms. The number of fused-ring (bicyclic) bond motifs is 3. The summed E-state index contributed by atoms with van der Waals surface area (Å²) in [5, 5.41) is 7.46. The van der Waals surface area contributed by atoms with Crippen LogP contribution in [0, 0.1) is 5.82 Å². The van der Waals surface area contributed by atoms with E-state index in [0.29, 0.717) is 34.6 Å². The lowest BCUT2D eigenvalue weighted by Crippen LogP contribution is -2.34. The van der Waals surface area contributed by atoms with Crippen LogP contribution in [0.1, 0.15) is 42.3 Å². The number of ether oxygens (including phenoxy) is 2. The van der Waals surface area contributed by atoms with E-state index in [9.17, 15) is 4.39 Å². The molecule has 2 aliphatic heterocycles. The third-order valence-electron chi connectivity index (χ3n) is 5.51. The second kappa shape index (κ2) is 8.06. The van der Waals surface area contributed by atoms with E-state index in [2.05, 4.69) is 0 Å². The van der Waals surface area contributed by atoms with E-state index in [1.807, 2.05) is 49.4 Å². The van der Waals surface area contributed by atoms with Crippen LogP contribution in [0.2, 0.25) is 10.0 Å². The molecule has 3 aromatic rings. The van der Waals surface area contributed by atoms with Crippen LogP contribution >= 0.6 is 23.2 Å². The van der Waals surface area contributed by atoms with Crippen molar-refractivity contribution in [1.82, 2.24) is 5.01 Å². The van der Waals surface area contributed by atoms with Crippen molar-refractivity contribution in [2.45, 2.75) is 25.6 Å². The van der Waals surface area contributed by atoms with E-state index in [-0.39, 0.29) is 11.6 Å². The topological polar surface area (TPSA) is 34.1 Å². The van der Waals surface area contributed by atoms with Gasteiger partial charge in [0.25, 0.3) is 0 Å². The van der Waals surface area contributed by atoms with Gasteiger partial charge in [-0.05, 0) is 48.9 Å². The van der Waals surface area contributed by atoms with E-state index in [0.717, 1.165) is 16.8 Å². The molecule has 2 aliphatic rings. The largest absolute Gasteiger partial charge is 0.492 e. The van der Waals surface area contributed by atoms with Gasteiger partial charge in [-0.25, -0.2) is 9.40 Å². The zero-order chi connectivity index (χ0) is 21.5. The molecule has 158 valence electrons. The molecular weight excluding hydrogens is 438 g/mol. The molecule has 2 heterocycles. The molecule has 31 heavy (non-hydrogen) atoms. The lowest BCUT2D eigenvalue weighted by molar-refractivity contribution is -0.0211. The van der Waals surface area contributed by atoms with E-state index in [1.165, 1.54) is 6.07 Å². The fourth-order valence-corrected chi connectivity index (χ4v) is 4.59. The van der Waals surface area contributed by atoms with E-state index in [1.54, 1.807) is 17.1 Å². The Hall–Kier alpha value is -2.76. The minimum absolute atomic E-state index is 0.106. The van der Waals surface area contributed by atoms with Crippen molar-refractivity contribution in [2.75, 3.05) is 6.61 Å². The van der Waals surface area contributed by atoms with Crippen molar-refractivity contribution >= 4 is 28.9 Å². The van der Waals surface area contributed by atoms with Gasteiger partial charge in [0.15, 0.2) is 0 Å². The first kappa shape index (κ1) is 20.2. The van der Waals surface area contributed by atoms with E-state index < -0.39 is 12.0 Å². The van der Waals surface area contributed by atoms with Crippen LogP contribution in [0.5, 0.6) is 11.5 Å². The van der Waals surface area contributed by atoms with Crippen molar-refractivity contribution < 1.29 is 13.9 Å². The van der Waals surface area contributed by atoms with Gasteiger partial charge in [0, 0.05) is 12.0 Å². The summed E-state index contributed by atoms with van der Waals surface area (Å²) in [5.74, 6) is 0.909. The Morgan fingerprint density at radius 1 is 1.10 bits per heavy atom. The Balaban J connectivity index is 1.59. The molecule has 0 spiro atoms. The quantitative estimate of drug-likeness (QED) is 0.434. The number of hydrogen-bond donors (Lipinski definition) is 0. The van der Waals surface area contributed by atoms with Crippen LogP contribution in [0.3, 0.4) is 0 Å². The minimum Gasteiger partial charge on any atom is -0.492 e. The first-order valence-corrected chi connectivity index (χ1v) is 10.8. The predicted octanol–water partition coefficient (Wildman–Crippen LogP) is 6.77. The van der Waals surface area contributed by atoms with Crippen LogP contribution in [-0.4, -0.2) is 17.3 Å². The van der Waals surface area contributed by atoms with Gasteiger partial charge < -0.3 is 9.47 Å². The second-order valence-corrected chi connectivity index (χ2v) is 8.18. The number of rotatable bonds is 4. The smallest absolute Gasteiger partial charge is 0.218 e. The van der Waals surface area contributed by atoms with Gasteiger partial charge >= 0.3 is 0 Å². The van der Waals surface area contributed by atoms with Crippen molar-refractivity contribution in [1.29, 1.82) is 0 Å². The number of hydrazone groups is 1. The monoisotopic (exact) mass is 456 g/mol. The molecule has 3 aromatic carbocycles. The molecule has 0 aromatic heterocycles. The van der Waals surface area contributed by atoms with Crippen LogP contribution < -0.4 is 9.47 Å². The normalized spacial score (nSPS) is 19.4. The molecular formula is C24H19Cl2FN2O2. The minimum atomic E-state index is -0.774. The van der Waals surface area contributed by atoms with Gasteiger partial charge in [-0.1, -0.05) is 47.5 Å². The Kier molecular flexibility index (Phi) is 5.24. The van der Waals surface area contributed by atoms with Gasteiger partial charge in [-0.3, -0.25) is 0 Å². The van der Waals surface area contributed by atoms with Crippen molar-refractivity contribution in [2.24, 2.45) is 5.10 Å². The maximum absolute atomic E-state index is 14.8. The molecule has 2 atom stereocenters. The fourth-order valence-electron chi connectivity index (χ4n) is 4.10. The molecule has 0 aliphatic carbocycles. The zero-order valence-electron chi connectivity index (χ0n) is 16.7. The molecule has 0 fully saturated rings. The van der Waals surface area contributed by atoms with Gasteiger partial charge in [0.05, 0.1) is 34.0 Å². The van der Waals surface area contributed by atoms with E-state index >= 15 is 0 Å². The van der Waals surface area contributed by atoms with Crippen LogP contribution in [0.15, 0.2) is 65.8 Å². The second-order valence-electron chi connectivity index (χ2n) is 7.37. The van der Waals surface area contributed by atoms with Crippen LogP contribution in [0.4, 0.5) is 4.39 Å². The molecule has 0 saturated heterocycles. The van der Waals surface area contributed by atoms with Gasteiger partial charge in [0.1, 0.15) is 17.3 Å². The zero-order valence-corrected chi connectivity index (χ0v) is 18.2. The van der Waals surface area contributed by atoms with Crippen molar-refractivity contribution in [3.8, 4) is 11.5 Å². The highest BCUT2D eigenvalue weighted by Gasteiger charge is 2.42. The third-order valence-corrected chi connectivity index (χ3v) is 6.14. The van der Waals surface area contributed by atoms with E-state index in [4.69, 9.17) is 37.8 Å². The predicted molar refractivity (Wildman–Crippen MR) is 120 cm³/mol. The third kappa shape index (κ3) is 3.52.